The third-order valence-corrected chi connectivity index (χ3v) is 3.50. The number of rotatable bonds is 6. The van der Waals surface area contributed by atoms with Crippen molar-refractivity contribution in [3.05, 3.63) is 34.6 Å². The number of nitrogens with one attached hydrogen (secondary N) is 1. The zero-order valence-corrected chi connectivity index (χ0v) is 12.3. The molecule has 0 saturated heterocycles. The van der Waals surface area contributed by atoms with Crippen LogP contribution in [0.2, 0.25) is 5.02 Å². The molecule has 1 unspecified atom stereocenters. The van der Waals surface area contributed by atoms with Gasteiger partial charge in [-0.15, -0.1) is 0 Å². The van der Waals surface area contributed by atoms with Gasteiger partial charge in [0, 0.05) is 19.6 Å². The summed E-state index contributed by atoms with van der Waals surface area (Å²) in [6.45, 7) is 7.41. The molecule has 1 amide bonds. The quantitative estimate of drug-likeness (QED) is 0.872. The Labute approximate surface area is 118 Å². The molecule has 0 spiro atoms. The number of hydrogen-bond acceptors (Lipinski definition) is 2. The van der Waals surface area contributed by atoms with Crippen LogP contribution >= 0.6 is 11.6 Å². The minimum atomic E-state index is -0.441. The van der Waals surface area contributed by atoms with Crippen LogP contribution in [0.3, 0.4) is 0 Å². The van der Waals surface area contributed by atoms with Crippen molar-refractivity contribution in [2.24, 2.45) is 0 Å². The number of carbonyl (C=O) groups excluding carboxylic acids is 1. The summed E-state index contributed by atoms with van der Waals surface area (Å²) in [6.07, 6.45) is 0. The lowest BCUT2D eigenvalue weighted by Crippen LogP contribution is -2.44. The van der Waals surface area contributed by atoms with E-state index >= 15 is 0 Å². The summed E-state index contributed by atoms with van der Waals surface area (Å²) in [5.74, 6) is -0.402. The van der Waals surface area contributed by atoms with Crippen LogP contribution in [0.5, 0.6) is 0 Å². The van der Waals surface area contributed by atoms with Crippen LogP contribution in [-0.4, -0.2) is 29.9 Å². The average molecular weight is 287 g/mol. The first-order valence-electron chi connectivity index (χ1n) is 6.46. The van der Waals surface area contributed by atoms with E-state index in [2.05, 4.69) is 5.32 Å². The number of benzene rings is 1. The molecule has 0 aliphatic carbocycles. The molecule has 0 saturated carbocycles. The van der Waals surface area contributed by atoms with Crippen LogP contribution in [0.15, 0.2) is 18.2 Å². The van der Waals surface area contributed by atoms with E-state index in [-0.39, 0.29) is 17.0 Å². The van der Waals surface area contributed by atoms with Gasteiger partial charge in [-0.3, -0.25) is 4.79 Å². The number of amides is 1. The number of hydrogen-bond donors (Lipinski definition) is 1. The Balaban J connectivity index is 2.61. The highest BCUT2D eigenvalue weighted by Crippen LogP contribution is 2.19. The fourth-order valence-corrected chi connectivity index (χ4v) is 2.04. The van der Waals surface area contributed by atoms with Crippen molar-refractivity contribution >= 4 is 17.5 Å². The minimum absolute atomic E-state index is 0.0394. The van der Waals surface area contributed by atoms with E-state index in [9.17, 15) is 9.18 Å². The highest BCUT2D eigenvalue weighted by atomic mass is 35.5. The number of nitrogens with zero attached hydrogens (tertiary/aromatic N) is 1. The molecule has 0 aliphatic rings. The summed E-state index contributed by atoms with van der Waals surface area (Å²) in [6, 6.07) is 4.34. The van der Waals surface area contributed by atoms with E-state index in [0.29, 0.717) is 25.2 Å². The van der Waals surface area contributed by atoms with Crippen LogP contribution in [0.25, 0.3) is 0 Å². The van der Waals surface area contributed by atoms with Gasteiger partial charge in [0.2, 0.25) is 5.91 Å². The topological polar surface area (TPSA) is 32.3 Å². The van der Waals surface area contributed by atoms with Gasteiger partial charge in [0.1, 0.15) is 5.82 Å². The molecule has 19 heavy (non-hydrogen) atoms. The molecule has 0 bridgehead atoms. The van der Waals surface area contributed by atoms with E-state index in [1.807, 2.05) is 13.8 Å². The second-order valence-corrected chi connectivity index (χ2v) is 4.70. The third kappa shape index (κ3) is 4.18. The van der Waals surface area contributed by atoms with Gasteiger partial charge < -0.3 is 10.2 Å². The van der Waals surface area contributed by atoms with Crippen molar-refractivity contribution in [2.45, 2.75) is 33.4 Å². The first kappa shape index (κ1) is 15.9. The molecule has 1 aromatic rings. The van der Waals surface area contributed by atoms with E-state index in [1.165, 1.54) is 6.07 Å². The SMILES string of the molecule is CCN(CC)C(=O)C(C)NCc1cccc(F)c1Cl. The van der Waals surface area contributed by atoms with Gasteiger partial charge in [0.25, 0.3) is 0 Å². The predicted octanol–water partition coefficient (Wildman–Crippen LogP) is 2.83. The molecule has 5 heteroatoms. The van der Waals surface area contributed by atoms with Crippen LogP contribution in [0, 0.1) is 5.82 Å². The molecule has 0 fully saturated rings. The van der Waals surface area contributed by atoms with Crippen molar-refractivity contribution in [3.63, 3.8) is 0 Å². The third-order valence-electron chi connectivity index (χ3n) is 3.08. The second-order valence-electron chi connectivity index (χ2n) is 4.33. The number of likely N-dealkylation sites (N-methyl/N-ethyl adjacent to an activating group) is 1. The summed E-state index contributed by atoms with van der Waals surface area (Å²) in [4.78, 5) is 13.8. The largest absolute Gasteiger partial charge is 0.342 e. The molecule has 0 aromatic heterocycles. The van der Waals surface area contributed by atoms with Gasteiger partial charge in [0.15, 0.2) is 0 Å². The fourth-order valence-electron chi connectivity index (χ4n) is 1.84. The Kier molecular flexibility index (Phi) is 6.25. The van der Waals surface area contributed by atoms with E-state index in [4.69, 9.17) is 11.6 Å². The van der Waals surface area contributed by atoms with Gasteiger partial charge in [-0.1, -0.05) is 23.7 Å². The normalized spacial score (nSPS) is 12.3. The van der Waals surface area contributed by atoms with E-state index < -0.39 is 5.82 Å². The van der Waals surface area contributed by atoms with E-state index in [0.717, 1.165) is 0 Å². The lowest BCUT2D eigenvalue weighted by atomic mass is 10.2. The Morgan fingerprint density at radius 1 is 1.42 bits per heavy atom. The zero-order chi connectivity index (χ0) is 14.4. The summed E-state index contributed by atoms with van der Waals surface area (Å²) < 4.78 is 13.3. The van der Waals surface area contributed by atoms with Crippen LogP contribution in [-0.2, 0) is 11.3 Å². The summed E-state index contributed by atoms with van der Waals surface area (Å²) >= 11 is 5.86. The molecule has 1 rings (SSSR count). The highest BCUT2D eigenvalue weighted by molar-refractivity contribution is 6.31. The van der Waals surface area contributed by atoms with Gasteiger partial charge in [-0.2, -0.15) is 0 Å². The van der Waals surface area contributed by atoms with Crippen molar-refractivity contribution in [2.75, 3.05) is 13.1 Å². The zero-order valence-electron chi connectivity index (χ0n) is 11.5. The molecule has 0 radical (unpaired) electrons. The van der Waals surface area contributed by atoms with Crippen molar-refractivity contribution in [1.82, 2.24) is 10.2 Å². The molecule has 1 N–H and O–H groups in total. The summed E-state index contributed by atoms with van der Waals surface area (Å²) in [5.41, 5.74) is 0.654. The molecule has 3 nitrogen and oxygen atoms in total. The van der Waals surface area contributed by atoms with Crippen molar-refractivity contribution in [1.29, 1.82) is 0 Å². The lowest BCUT2D eigenvalue weighted by molar-refractivity contribution is -0.132. The number of halogens is 2. The second kappa shape index (κ2) is 7.46. The molecule has 0 heterocycles. The predicted molar refractivity (Wildman–Crippen MR) is 75.6 cm³/mol. The molecule has 106 valence electrons. The minimum Gasteiger partial charge on any atom is -0.342 e. The lowest BCUT2D eigenvalue weighted by Gasteiger charge is -2.23. The van der Waals surface area contributed by atoms with E-state index in [1.54, 1.807) is 24.0 Å². The maximum absolute atomic E-state index is 13.3. The van der Waals surface area contributed by atoms with Gasteiger partial charge in [-0.05, 0) is 32.4 Å². The van der Waals surface area contributed by atoms with Gasteiger partial charge in [-0.25, -0.2) is 4.39 Å². The Hall–Kier alpha value is -1.13. The van der Waals surface area contributed by atoms with Crippen LogP contribution in [0.1, 0.15) is 26.3 Å². The number of carbonyl (C=O) groups is 1. The van der Waals surface area contributed by atoms with Crippen molar-refractivity contribution < 1.29 is 9.18 Å². The molecule has 1 aromatic carbocycles. The smallest absolute Gasteiger partial charge is 0.239 e. The van der Waals surface area contributed by atoms with Gasteiger partial charge in [0.05, 0.1) is 11.1 Å². The maximum atomic E-state index is 13.3. The van der Waals surface area contributed by atoms with Gasteiger partial charge >= 0.3 is 0 Å². The molecule has 0 aliphatic heterocycles. The molecule has 1 atom stereocenters. The van der Waals surface area contributed by atoms with Crippen LogP contribution in [0.4, 0.5) is 4.39 Å². The fraction of sp³-hybridized carbons (Fsp3) is 0.500. The Morgan fingerprint density at radius 2 is 2.05 bits per heavy atom. The standard InChI is InChI=1S/C14H20ClFN2O/c1-4-18(5-2)14(19)10(3)17-9-11-7-6-8-12(16)13(11)15/h6-8,10,17H,4-5,9H2,1-3H3. The average Bonchev–Trinajstić information content (AvgIpc) is 2.41. The van der Waals surface area contributed by atoms with Crippen LogP contribution < -0.4 is 5.32 Å². The molecular weight excluding hydrogens is 267 g/mol. The summed E-state index contributed by atoms with van der Waals surface area (Å²) in [7, 11) is 0. The summed E-state index contributed by atoms with van der Waals surface area (Å²) in [5, 5.41) is 3.18. The van der Waals surface area contributed by atoms with Crippen molar-refractivity contribution in [3.8, 4) is 0 Å². The maximum Gasteiger partial charge on any atom is 0.239 e. The Morgan fingerprint density at radius 3 is 2.63 bits per heavy atom. The monoisotopic (exact) mass is 286 g/mol. The first-order chi connectivity index (χ1) is 9.01. The Bertz CT molecular complexity index is 435. The highest BCUT2D eigenvalue weighted by Gasteiger charge is 2.17. The molecular formula is C14H20ClFN2O. The first-order valence-corrected chi connectivity index (χ1v) is 6.84.